The van der Waals surface area contributed by atoms with Gasteiger partial charge in [-0.25, -0.2) is 4.79 Å². The van der Waals surface area contributed by atoms with Crippen LogP contribution < -0.4 is 20.7 Å². The van der Waals surface area contributed by atoms with Crippen LogP contribution in [0.3, 0.4) is 0 Å². The molecule has 0 aliphatic heterocycles. The molecule has 1 atom stereocenters. The molecule has 10 heteroatoms. The largest absolute Gasteiger partial charge is 0.494 e. The van der Waals surface area contributed by atoms with Gasteiger partial charge in [0, 0.05) is 21.8 Å². The molecule has 0 saturated carbocycles. The molecule has 0 aliphatic rings. The van der Waals surface area contributed by atoms with Crippen LogP contribution in [0.4, 0.5) is 11.4 Å². The van der Waals surface area contributed by atoms with Gasteiger partial charge in [-0.2, -0.15) is 0 Å². The summed E-state index contributed by atoms with van der Waals surface area (Å²) in [6.07, 6.45) is 1.58. The van der Waals surface area contributed by atoms with Crippen molar-refractivity contribution in [3.63, 3.8) is 0 Å². The van der Waals surface area contributed by atoms with E-state index in [4.69, 9.17) is 9.84 Å². The van der Waals surface area contributed by atoms with E-state index in [-0.39, 0.29) is 17.2 Å². The molecular formula is C34H31N3O6S. The predicted molar refractivity (Wildman–Crippen MR) is 172 cm³/mol. The van der Waals surface area contributed by atoms with E-state index in [1.54, 1.807) is 85.8 Å². The van der Waals surface area contributed by atoms with Crippen LogP contribution in [0.5, 0.6) is 5.75 Å². The second-order valence-corrected chi connectivity index (χ2v) is 10.9. The summed E-state index contributed by atoms with van der Waals surface area (Å²) >= 11 is 1.29. The molecule has 224 valence electrons. The van der Waals surface area contributed by atoms with Crippen LogP contribution in [0.2, 0.25) is 0 Å². The molecule has 0 saturated heterocycles. The van der Waals surface area contributed by atoms with Crippen molar-refractivity contribution in [1.29, 1.82) is 0 Å². The number of thioether (sulfide) groups is 1. The molecular weight excluding hydrogens is 578 g/mol. The molecule has 4 aromatic rings. The first-order valence-corrected chi connectivity index (χ1v) is 14.6. The molecule has 4 rings (SSSR count). The molecule has 4 aromatic carbocycles. The third kappa shape index (κ3) is 9.07. The van der Waals surface area contributed by atoms with E-state index in [0.717, 1.165) is 4.90 Å². The second kappa shape index (κ2) is 15.2. The van der Waals surface area contributed by atoms with Crippen molar-refractivity contribution >= 4 is 52.9 Å². The van der Waals surface area contributed by atoms with Gasteiger partial charge in [0.05, 0.1) is 17.4 Å². The van der Waals surface area contributed by atoms with Crippen molar-refractivity contribution in [2.24, 2.45) is 0 Å². The highest BCUT2D eigenvalue weighted by molar-refractivity contribution is 8.00. The Kier molecular flexibility index (Phi) is 10.9. The van der Waals surface area contributed by atoms with Gasteiger partial charge in [0.2, 0.25) is 5.91 Å². The minimum absolute atomic E-state index is 0.0442. The van der Waals surface area contributed by atoms with E-state index in [0.29, 0.717) is 34.9 Å². The summed E-state index contributed by atoms with van der Waals surface area (Å²) in [5, 5.41) is 16.9. The third-order valence-electron chi connectivity index (χ3n) is 6.20. The molecule has 1 unspecified atom stereocenters. The summed E-state index contributed by atoms with van der Waals surface area (Å²) in [4.78, 5) is 50.9. The van der Waals surface area contributed by atoms with Crippen LogP contribution in [0.25, 0.3) is 6.08 Å². The standard InChI is InChI=1S/C34H31N3O6S/c1-3-43-28-18-12-23(13-19-28)20-30(37-32(39)24-8-5-4-6-9-24)33(40)36-27-10-7-11-29(21-27)44-22(2)31(38)35-26-16-14-25(15-17-26)34(41)42/h4-22H,3H2,1-2H3,(H,35,38)(H,36,40)(H,37,39)(H,41,42)/b30-20+. The number of benzene rings is 4. The molecule has 0 heterocycles. The van der Waals surface area contributed by atoms with Crippen molar-refractivity contribution < 1.29 is 29.0 Å². The molecule has 0 bridgehead atoms. The molecule has 0 aliphatic carbocycles. The normalized spacial score (nSPS) is 11.6. The van der Waals surface area contributed by atoms with E-state index < -0.39 is 23.0 Å². The van der Waals surface area contributed by atoms with Crippen molar-refractivity contribution in [3.05, 3.63) is 126 Å². The Hall–Kier alpha value is -5.35. The molecule has 0 fully saturated rings. The first-order chi connectivity index (χ1) is 21.2. The lowest BCUT2D eigenvalue weighted by Gasteiger charge is -2.14. The molecule has 0 aromatic heterocycles. The summed E-state index contributed by atoms with van der Waals surface area (Å²) in [7, 11) is 0. The van der Waals surface area contributed by atoms with Gasteiger partial charge in [-0.1, -0.05) is 36.4 Å². The Morgan fingerprint density at radius 2 is 1.52 bits per heavy atom. The van der Waals surface area contributed by atoms with Crippen molar-refractivity contribution in [3.8, 4) is 5.75 Å². The van der Waals surface area contributed by atoms with Gasteiger partial charge >= 0.3 is 5.97 Å². The summed E-state index contributed by atoms with van der Waals surface area (Å²) in [5.74, 6) is -1.58. The van der Waals surface area contributed by atoms with Gasteiger partial charge in [-0.3, -0.25) is 14.4 Å². The fourth-order valence-corrected chi connectivity index (χ4v) is 4.91. The molecule has 0 radical (unpaired) electrons. The van der Waals surface area contributed by atoms with Crippen LogP contribution in [0, 0.1) is 0 Å². The highest BCUT2D eigenvalue weighted by Gasteiger charge is 2.18. The average molecular weight is 610 g/mol. The molecule has 44 heavy (non-hydrogen) atoms. The van der Waals surface area contributed by atoms with Crippen molar-refractivity contribution in [2.75, 3.05) is 17.2 Å². The average Bonchev–Trinajstić information content (AvgIpc) is 3.02. The lowest BCUT2D eigenvalue weighted by Crippen LogP contribution is -2.30. The minimum Gasteiger partial charge on any atom is -0.494 e. The van der Waals surface area contributed by atoms with Gasteiger partial charge in [0.15, 0.2) is 0 Å². The van der Waals surface area contributed by atoms with Crippen LogP contribution >= 0.6 is 11.8 Å². The number of hydrogen-bond acceptors (Lipinski definition) is 6. The minimum atomic E-state index is -1.05. The van der Waals surface area contributed by atoms with E-state index in [1.165, 1.54) is 36.0 Å². The molecule has 4 N–H and O–H groups in total. The maximum atomic E-state index is 13.4. The van der Waals surface area contributed by atoms with E-state index >= 15 is 0 Å². The van der Waals surface area contributed by atoms with Gasteiger partial charge in [0.1, 0.15) is 11.4 Å². The number of ether oxygens (including phenoxy) is 1. The quantitative estimate of drug-likeness (QED) is 0.109. The Bertz CT molecular complexity index is 1650. The zero-order valence-electron chi connectivity index (χ0n) is 24.1. The smallest absolute Gasteiger partial charge is 0.335 e. The van der Waals surface area contributed by atoms with Crippen LogP contribution in [0.15, 0.2) is 114 Å². The highest BCUT2D eigenvalue weighted by atomic mass is 32.2. The predicted octanol–water partition coefficient (Wildman–Crippen LogP) is 6.31. The third-order valence-corrected chi connectivity index (χ3v) is 7.30. The van der Waals surface area contributed by atoms with E-state index in [2.05, 4.69) is 16.0 Å². The molecule has 0 spiro atoms. The summed E-state index contributed by atoms with van der Waals surface area (Å²) in [6, 6.07) is 28.7. The number of anilines is 2. The Labute approximate surface area is 259 Å². The topological polar surface area (TPSA) is 134 Å². The number of carboxylic acid groups (broad SMARTS) is 1. The summed E-state index contributed by atoms with van der Waals surface area (Å²) < 4.78 is 5.49. The van der Waals surface area contributed by atoms with Crippen LogP contribution in [-0.2, 0) is 9.59 Å². The molecule has 3 amide bonds. The Balaban J connectivity index is 1.46. The number of rotatable bonds is 12. The van der Waals surface area contributed by atoms with Gasteiger partial charge in [-0.15, -0.1) is 11.8 Å². The van der Waals surface area contributed by atoms with Crippen molar-refractivity contribution in [1.82, 2.24) is 5.32 Å². The maximum absolute atomic E-state index is 13.4. The zero-order chi connectivity index (χ0) is 31.5. The van der Waals surface area contributed by atoms with Gasteiger partial charge in [0.25, 0.3) is 11.8 Å². The SMILES string of the molecule is CCOc1ccc(/C=C(/NC(=O)c2ccccc2)C(=O)Nc2cccc(SC(C)C(=O)Nc3ccc(C(=O)O)cc3)c2)cc1. The molecule has 9 nitrogen and oxygen atoms in total. The lowest BCUT2D eigenvalue weighted by molar-refractivity contribution is -0.115. The maximum Gasteiger partial charge on any atom is 0.335 e. The van der Waals surface area contributed by atoms with Crippen molar-refractivity contribution in [2.45, 2.75) is 24.0 Å². The number of nitrogens with one attached hydrogen (secondary N) is 3. The number of aromatic carboxylic acids is 1. The number of carbonyl (C=O) groups excluding carboxylic acids is 3. The Morgan fingerprint density at radius 1 is 0.818 bits per heavy atom. The number of amides is 3. The van der Waals surface area contributed by atoms with Crippen LogP contribution in [0.1, 0.15) is 40.1 Å². The van der Waals surface area contributed by atoms with Gasteiger partial charge in [-0.05, 0) is 92.2 Å². The Morgan fingerprint density at radius 3 is 2.18 bits per heavy atom. The first-order valence-electron chi connectivity index (χ1n) is 13.7. The second-order valence-electron chi connectivity index (χ2n) is 9.49. The monoisotopic (exact) mass is 609 g/mol. The van der Waals surface area contributed by atoms with E-state index in [1.807, 2.05) is 13.0 Å². The van der Waals surface area contributed by atoms with E-state index in [9.17, 15) is 19.2 Å². The number of hydrogen-bond donors (Lipinski definition) is 4. The summed E-state index contributed by atoms with van der Waals surface area (Å²) in [6.45, 7) is 4.16. The van der Waals surface area contributed by atoms with Gasteiger partial charge < -0.3 is 25.8 Å². The zero-order valence-corrected chi connectivity index (χ0v) is 24.9. The fraction of sp³-hybridized carbons (Fsp3) is 0.118. The first kappa shape index (κ1) is 31.6. The number of carbonyl (C=O) groups is 4. The fourth-order valence-electron chi connectivity index (χ4n) is 3.98. The lowest BCUT2D eigenvalue weighted by atomic mass is 10.1. The summed E-state index contributed by atoms with van der Waals surface area (Å²) in [5.41, 5.74) is 2.22. The highest BCUT2D eigenvalue weighted by Crippen LogP contribution is 2.27. The van der Waals surface area contributed by atoms with Crippen LogP contribution in [-0.4, -0.2) is 40.7 Å². The number of carboxylic acids is 1.